The Balaban J connectivity index is 2.80. The summed E-state index contributed by atoms with van der Waals surface area (Å²) >= 11 is 0. The summed E-state index contributed by atoms with van der Waals surface area (Å²) in [5.41, 5.74) is 0.722. The van der Waals surface area contributed by atoms with Gasteiger partial charge in [-0.25, -0.2) is 0 Å². The van der Waals surface area contributed by atoms with Gasteiger partial charge in [0.15, 0.2) is 0 Å². The van der Waals surface area contributed by atoms with Crippen molar-refractivity contribution in [1.82, 2.24) is 0 Å². The first kappa shape index (κ1) is 16.4. The number of rotatable bonds is 9. The molecule has 108 valence electrons. The van der Waals surface area contributed by atoms with E-state index in [0.717, 1.165) is 31.4 Å². The minimum Gasteiger partial charge on any atom is -0.182 e. The fraction of sp³-hybridized carbons (Fsp3) is 0.444. The van der Waals surface area contributed by atoms with Gasteiger partial charge in [0.25, 0.3) is 0 Å². The molecule has 0 aliphatic heterocycles. The number of allylic oxidation sites excluding steroid dienone is 1. The van der Waals surface area contributed by atoms with Gasteiger partial charge in [-0.3, -0.25) is 0 Å². The Bertz CT molecular complexity index is 436. The number of azo groups is 1. The molecule has 0 amide bonds. The van der Waals surface area contributed by atoms with Gasteiger partial charge >= 0.3 is 0 Å². The van der Waals surface area contributed by atoms with Crippen LogP contribution in [0.15, 0.2) is 65.9 Å². The van der Waals surface area contributed by atoms with Gasteiger partial charge in [-0.15, -0.1) is 13.2 Å². The summed E-state index contributed by atoms with van der Waals surface area (Å²) in [6, 6.07) is 9.89. The highest BCUT2D eigenvalue weighted by Crippen LogP contribution is 2.32. The maximum atomic E-state index is 4.62. The molecule has 20 heavy (non-hydrogen) atoms. The SMILES string of the molecule is C=CCCCC(C=C)C(C)(CC)N=Nc1ccccc1. The van der Waals surface area contributed by atoms with Crippen molar-refractivity contribution >= 4 is 5.69 Å². The molecular formula is C18H26N2. The zero-order valence-electron chi connectivity index (χ0n) is 12.8. The molecule has 0 saturated heterocycles. The second kappa shape index (κ2) is 8.47. The highest BCUT2D eigenvalue weighted by molar-refractivity contribution is 5.34. The summed E-state index contributed by atoms with van der Waals surface area (Å²) in [4.78, 5) is 0. The molecular weight excluding hydrogens is 244 g/mol. The fourth-order valence-corrected chi connectivity index (χ4v) is 2.24. The minimum atomic E-state index is -0.182. The lowest BCUT2D eigenvalue weighted by Crippen LogP contribution is -2.30. The van der Waals surface area contributed by atoms with Crippen LogP contribution in [0, 0.1) is 5.92 Å². The molecule has 0 saturated carbocycles. The number of benzene rings is 1. The van der Waals surface area contributed by atoms with E-state index in [1.54, 1.807) is 0 Å². The predicted molar refractivity (Wildman–Crippen MR) is 87.4 cm³/mol. The van der Waals surface area contributed by atoms with Crippen molar-refractivity contribution in [2.24, 2.45) is 16.1 Å². The van der Waals surface area contributed by atoms with Gasteiger partial charge < -0.3 is 0 Å². The summed E-state index contributed by atoms with van der Waals surface area (Å²) < 4.78 is 0. The number of nitrogens with zero attached hydrogens (tertiary/aromatic N) is 2. The maximum Gasteiger partial charge on any atom is 0.0852 e. The molecule has 2 heteroatoms. The van der Waals surface area contributed by atoms with Crippen LogP contribution in [0.4, 0.5) is 5.69 Å². The van der Waals surface area contributed by atoms with Crippen molar-refractivity contribution in [2.75, 3.05) is 0 Å². The van der Waals surface area contributed by atoms with E-state index in [2.05, 4.69) is 37.2 Å². The van der Waals surface area contributed by atoms with Crippen LogP contribution >= 0.6 is 0 Å². The molecule has 0 heterocycles. The molecule has 0 aliphatic carbocycles. The van der Waals surface area contributed by atoms with E-state index in [9.17, 15) is 0 Å². The van der Waals surface area contributed by atoms with Crippen molar-refractivity contribution in [3.63, 3.8) is 0 Å². The predicted octanol–water partition coefficient (Wildman–Crippen LogP) is 6.10. The van der Waals surface area contributed by atoms with Gasteiger partial charge in [0, 0.05) is 5.92 Å². The molecule has 2 nitrogen and oxygen atoms in total. The van der Waals surface area contributed by atoms with E-state index >= 15 is 0 Å². The zero-order valence-corrected chi connectivity index (χ0v) is 12.8. The van der Waals surface area contributed by atoms with Gasteiger partial charge in [0.2, 0.25) is 0 Å². The van der Waals surface area contributed by atoms with Crippen LogP contribution in [0.3, 0.4) is 0 Å². The molecule has 0 spiro atoms. The van der Waals surface area contributed by atoms with Gasteiger partial charge in [-0.2, -0.15) is 10.2 Å². The smallest absolute Gasteiger partial charge is 0.0852 e. The zero-order chi connectivity index (χ0) is 14.8. The molecule has 0 aliphatic rings. The fourth-order valence-electron chi connectivity index (χ4n) is 2.24. The first-order valence-corrected chi connectivity index (χ1v) is 7.37. The van der Waals surface area contributed by atoms with Crippen LogP contribution in [0.2, 0.25) is 0 Å². The lowest BCUT2D eigenvalue weighted by atomic mass is 9.81. The van der Waals surface area contributed by atoms with Gasteiger partial charge in [-0.1, -0.05) is 37.3 Å². The summed E-state index contributed by atoms with van der Waals surface area (Å²) in [5.74, 6) is 0.347. The average Bonchev–Trinajstić information content (AvgIpc) is 2.50. The Morgan fingerprint density at radius 3 is 2.50 bits per heavy atom. The maximum absolute atomic E-state index is 4.62. The molecule has 0 N–H and O–H groups in total. The summed E-state index contributed by atoms with van der Waals surface area (Å²) in [6.07, 6.45) is 8.18. The quantitative estimate of drug-likeness (QED) is 0.294. The van der Waals surface area contributed by atoms with E-state index in [0.29, 0.717) is 5.92 Å². The van der Waals surface area contributed by atoms with Crippen molar-refractivity contribution in [1.29, 1.82) is 0 Å². The lowest BCUT2D eigenvalue weighted by Gasteiger charge is -2.30. The van der Waals surface area contributed by atoms with Crippen molar-refractivity contribution in [3.8, 4) is 0 Å². The Labute approximate surface area is 123 Å². The van der Waals surface area contributed by atoms with Crippen molar-refractivity contribution < 1.29 is 0 Å². The van der Waals surface area contributed by atoms with E-state index in [1.165, 1.54) is 0 Å². The Morgan fingerprint density at radius 2 is 1.95 bits per heavy atom. The molecule has 2 unspecified atom stereocenters. The Kier molecular flexibility index (Phi) is 6.92. The molecule has 0 aromatic heterocycles. The first-order chi connectivity index (χ1) is 9.66. The molecule has 0 bridgehead atoms. The second-order valence-corrected chi connectivity index (χ2v) is 5.31. The standard InChI is InChI=1S/C18H26N2/c1-5-8-10-13-16(6-2)18(4,7-3)20-19-17-14-11-9-12-15-17/h5-6,9,11-12,14-16H,1-2,7-8,10,13H2,3-4H3. The molecule has 1 aromatic rings. The number of hydrogen-bond donors (Lipinski definition) is 0. The number of hydrogen-bond acceptors (Lipinski definition) is 2. The van der Waals surface area contributed by atoms with Gasteiger partial charge in [-0.05, 0) is 44.7 Å². The molecule has 1 aromatic carbocycles. The third-order valence-electron chi connectivity index (χ3n) is 3.87. The largest absolute Gasteiger partial charge is 0.182 e. The van der Waals surface area contributed by atoms with Crippen LogP contribution in [0.5, 0.6) is 0 Å². The van der Waals surface area contributed by atoms with Crippen LogP contribution in [0.25, 0.3) is 0 Å². The van der Waals surface area contributed by atoms with E-state index in [1.807, 2.05) is 42.5 Å². The number of unbranched alkanes of at least 4 members (excludes halogenated alkanes) is 1. The Hall–Kier alpha value is -1.70. The average molecular weight is 270 g/mol. The van der Waals surface area contributed by atoms with Crippen LogP contribution in [0.1, 0.15) is 39.5 Å². The monoisotopic (exact) mass is 270 g/mol. The van der Waals surface area contributed by atoms with E-state index < -0.39 is 0 Å². The van der Waals surface area contributed by atoms with Crippen LogP contribution in [-0.2, 0) is 0 Å². The molecule has 2 atom stereocenters. The molecule has 1 rings (SSSR count). The highest BCUT2D eigenvalue weighted by Gasteiger charge is 2.30. The van der Waals surface area contributed by atoms with E-state index in [-0.39, 0.29) is 5.54 Å². The summed E-state index contributed by atoms with van der Waals surface area (Å²) in [6.45, 7) is 12.1. The summed E-state index contributed by atoms with van der Waals surface area (Å²) in [7, 11) is 0. The first-order valence-electron chi connectivity index (χ1n) is 7.37. The van der Waals surface area contributed by atoms with Crippen LogP contribution in [-0.4, -0.2) is 5.54 Å². The second-order valence-electron chi connectivity index (χ2n) is 5.31. The lowest BCUT2D eigenvalue weighted by molar-refractivity contribution is 0.308. The normalized spacial score (nSPS) is 15.7. The third-order valence-corrected chi connectivity index (χ3v) is 3.87. The van der Waals surface area contributed by atoms with Gasteiger partial charge in [0.1, 0.15) is 0 Å². The molecule has 0 radical (unpaired) electrons. The van der Waals surface area contributed by atoms with Crippen molar-refractivity contribution in [2.45, 2.75) is 45.1 Å². The van der Waals surface area contributed by atoms with Crippen LogP contribution < -0.4 is 0 Å². The third kappa shape index (κ3) is 4.76. The molecule has 0 fully saturated rings. The minimum absolute atomic E-state index is 0.182. The highest BCUT2D eigenvalue weighted by atomic mass is 15.2. The van der Waals surface area contributed by atoms with E-state index in [4.69, 9.17) is 0 Å². The van der Waals surface area contributed by atoms with Gasteiger partial charge in [0.05, 0.1) is 11.2 Å². The van der Waals surface area contributed by atoms with Crippen molar-refractivity contribution in [3.05, 3.63) is 55.6 Å². The Morgan fingerprint density at radius 1 is 1.25 bits per heavy atom. The topological polar surface area (TPSA) is 24.7 Å². The summed E-state index contributed by atoms with van der Waals surface area (Å²) in [5, 5.41) is 9.03.